The number of aromatic hydroxyl groups is 2. The van der Waals surface area contributed by atoms with Gasteiger partial charge in [0.2, 0.25) is 0 Å². The van der Waals surface area contributed by atoms with E-state index in [1.807, 2.05) is 18.2 Å². The SMILES string of the molecule is C=Cc1cc(F)ccc1O.Cc1c(C#N)sc2[nH]c(=O)n(C(C)(C)C(=O)OC(C)(C)C)c(=O)c12.N#CCBr.O=Cc1cc(F)ccc1O.OC1CCOCC1.[C-]#[N+]COc1ccc(F)cc1C(CO)OC1CCOCC1.[C-]#[N+]COc1ccc(F)cc1C(Cn1c(=O)n(C(C)(C)C(=O)O)c(=O)c2c(C)c(C#N)sc21)OC1CCOCC1.[C-]#[N+]COc1ccc(F)cc1C1CO1.[C-]#[N+]COc1ccc(F)cc1C=C. The van der Waals surface area contributed by atoms with Crippen molar-refractivity contribution >= 4 is 89.4 Å². The predicted molar refractivity (Wildman–Crippen MR) is 520 cm³/mol. The van der Waals surface area contributed by atoms with Crippen molar-refractivity contribution in [1.82, 2.24) is 18.7 Å². The highest BCUT2D eigenvalue weighted by Crippen LogP contribution is 2.39. The average Bonchev–Trinajstić information content (AvgIpc) is 1.62. The molecule has 0 spiro atoms. The zero-order chi connectivity index (χ0) is 106. The van der Waals surface area contributed by atoms with Gasteiger partial charge in [0.05, 0.1) is 65.8 Å². The lowest BCUT2D eigenvalue weighted by molar-refractivity contribution is -0.164. The number of aliphatic hydroxyl groups is 2. The van der Waals surface area contributed by atoms with Crippen LogP contribution in [0.5, 0.6) is 34.5 Å². The molecule has 4 aliphatic rings. The quantitative estimate of drug-likeness (QED) is 0.00773. The van der Waals surface area contributed by atoms with E-state index in [9.17, 15) is 75.4 Å². The van der Waals surface area contributed by atoms with E-state index in [-0.39, 0.29) is 131 Å². The number of carboxylic acids is 1. The maximum atomic E-state index is 14.5. The molecule has 6 aromatic carbocycles. The lowest BCUT2D eigenvalue weighted by Crippen LogP contribution is -2.52. The van der Waals surface area contributed by atoms with Gasteiger partial charge in [-0.2, -0.15) is 15.8 Å². The van der Waals surface area contributed by atoms with Gasteiger partial charge in [0.15, 0.2) is 6.29 Å². The molecule has 758 valence electrons. The van der Waals surface area contributed by atoms with Crippen LogP contribution in [0.15, 0.2) is 142 Å². The molecular weight excluding hydrogens is 1980 g/mol. The Morgan fingerprint density at radius 3 is 1.40 bits per heavy atom. The first-order chi connectivity index (χ1) is 68.0. The molecule has 8 heterocycles. The van der Waals surface area contributed by atoms with Crippen molar-refractivity contribution in [3.05, 3.63) is 299 Å². The van der Waals surface area contributed by atoms with Gasteiger partial charge in [0.25, 0.3) is 11.1 Å². The summed E-state index contributed by atoms with van der Waals surface area (Å²) >= 11 is 4.86. The fraction of sp³-hybridized carbons (Fsp3) is 0.380. The number of halogens is 7. The van der Waals surface area contributed by atoms with Crippen molar-refractivity contribution in [2.75, 3.05) is 85.1 Å². The lowest BCUT2D eigenvalue weighted by atomic mass is 10.0. The summed E-state index contributed by atoms with van der Waals surface area (Å²) in [5.74, 6) is -3.27. The number of aliphatic hydroxyl groups excluding tert-OH is 2. The number of nitrogens with zero attached hydrogens (tertiary/aromatic N) is 10. The number of phenols is 2. The van der Waals surface area contributed by atoms with Gasteiger partial charge in [-0.3, -0.25) is 43.3 Å². The molecule has 4 aliphatic heterocycles. The van der Waals surface area contributed by atoms with Crippen LogP contribution in [0.1, 0.15) is 164 Å². The highest BCUT2D eigenvalue weighted by atomic mass is 79.9. The van der Waals surface area contributed by atoms with Gasteiger partial charge in [0.1, 0.15) is 136 Å². The number of fused-ring (bicyclic) bond motifs is 2. The Morgan fingerprint density at radius 2 is 0.979 bits per heavy atom. The first kappa shape index (κ1) is 117. The van der Waals surface area contributed by atoms with Crippen LogP contribution >= 0.6 is 38.6 Å². The first-order valence-corrected chi connectivity index (χ1v) is 46.2. The number of epoxide rings is 1. The molecular formula is C100H104BrF6N11O23S2. The number of aromatic amines is 1. The minimum absolute atomic E-state index is 0.0278. The summed E-state index contributed by atoms with van der Waals surface area (Å²) < 4.78 is 140. The van der Waals surface area contributed by atoms with Gasteiger partial charge < -0.3 is 77.6 Å². The van der Waals surface area contributed by atoms with Crippen LogP contribution in [0.25, 0.3) is 52.0 Å². The highest BCUT2D eigenvalue weighted by Gasteiger charge is 2.40. The van der Waals surface area contributed by atoms with E-state index < -0.39 is 80.8 Å². The number of esters is 1. The second-order valence-electron chi connectivity index (χ2n) is 32.6. The van der Waals surface area contributed by atoms with Crippen molar-refractivity contribution in [3.8, 4) is 52.7 Å². The Kier molecular flexibility index (Phi) is 47.2. The molecule has 0 bridgehead atoms. The van der Waals surface area contributed by atoms with Gasteiger partial charge in [-0.1, -0.05) is 41.2 Å². The molecule has 43 heteroatoms. The number of nitriles is 3. The van der Waals surface area contributed by atoms with E-state index >= 15 is 0 Å². The summed E-state index contributed by atoms with van der Waals surface area (Å²) in [5, 5.41) is 73.2. The van der Waals surface area contributed by atoms with E-state index in [1.54, 1.807) is 34.6 Å². The third-order valence-electron chi connectivity index (χ3n) is 20.7. The number of phenolic OH excluding ortho intramolecular Hbond substituents is 2. The van der Waals surface area contributed by atoms with Crippen LogP contribution in [0.4, 0.5) is 26.3 Å². The third kappa shape index (κ3) is 34.8. The molecule has 6 N–H and O–H groups in total. The number of carboxylic acid groups (broad SMARTS) is 1. The number of H-pyrrole nitrogens is 1. The van der Waals surface area contributed by atoms with E-state index in [4.69, 9.17) is 104 Å². The van der Waals surface area contributed by atoms with Gasteiger partial charge in [-0.25, -0.2) is 80.9 Å². The second-order valence-corrected chi connectivity index (χ2v) is 35.2. The second kappa shape index (κ2) is 57.5. The van der Waals surface area contributed by atoms with Crippen molar-refractivity contribution < 1.29 is 118 Å². The maximum absolute atomic E-state index is 14.5. The van der Waals surface area contributed by atoms with E-state index in [2.05, 4.69) is 53.5 Å². The number of alkyl halides is 1. The third-order valence-corrected chi connectivity index (χ3v) is 23.3. The number of aryl methyl sites for hydroxylation is 2. The Bertz CT molecular complexity index is 6590. The lowest BCUT2D eigenvalue weighted by Gasteiger charge is -2.30. The summed E-state index contributed by atoms with van der Waals surface area (Å²) in [5.41, 5.74) is -4.13. The van der Waals surface area contributed by atoms with Crippen molar-refractivity contribution in [2.45, 2.75) is 161 Å². The van der Waals surface area contributed by atoms with Gasteiger partial charge in [-0.05, 0) is 221 Å². The number of aldehydes is 1. The van der Waals surface area contributed by atoms with Crippen LogP contribution in [0.2, 0.25) is 0 Å². The standard InChI is InChI=1S/C27H27FN4O7S.C16H19N3O4S.C15H18FNO4.C10H8FNO2.C10H8FNO.C8H7FO.C7H5FO2.C5H10O2.C2H2BrN/c1-15-21(12-29)40-24-22(15)23(33)32(27(2,3)25(34)35)26(36)31(24)13-20(39-17-7-9-37-10-8-17)18-11-16(28)5-6-19(18)38-14-30-4;1-8-9(7-17)24-11-10(8)12(20)19(14(22)18-11)16(5,6)13(21)23-15(2,3)4;1-17-10-20-14-3-2-11(16)8-13(14)15(9-18)21-12-4-6-19-7-5-12;1-12-6-14-9-3-2-7(11)4-8(9)10-5-13-10;1-3-8-6-9(11)4-5-10(8)13-7-12-2;1-2-6-5-7(9)3-4-8(6)10;8-6-1-2-7(10)5(3-6)4-9;6-5-1-3-7-4-2-5;3-1-2-4/h5-6,11,17,20H,7-10,13-14H2,1-3H3,(H,34,35);1-6H3,(H,18,22);2-3,8,12,15,18H,4-7,9-10H2;2-4,10H,5-6H2;3-6H,1,7H2;2-5,10H,1H2;1-4,10H;5-6H,1-4H2;1H2. The number of carbonyl (C=O) groups is 3. The minimum Gasteiger partial charge on any atom is -0.507 e. The Morgan fingerprint density at radius 1 is 0.580 bits per heavy atom. The summed E-state index contributed by atoms with van der Waals surface area (Å²) in [6.07, 6.45) is 5.30. The van der Waals surface area contributed by atoms with Gasteiger partial charge in [0, 0.05) is 67.5 Å². The van der Waals surface area contributed by atoms with Crippen LogP contribution in [0, 0.1) is 109 Å². The molecule has 4 saturated heterocycles. The Balaban J connectivity index is 0.000000264. The van der Waals surface area contributed by atoms with Gasteiger partial charge in [-0.15, -0.1) is 22.7 Å². The van der Waals surface area contributed by atoms with E-state index in [1.165, 1.54) is 135 Å². The maximum Gasteiger partial charge on any atom is 0.357 e. The fourth-order valence-corrected chi connectivity index (χ4v) is 15.4. The fourth-order valence-electron chi connectivity index (χ4n) is 13.4. The molecule has 0 saturated carbocycles. The number of carbonyl (C=O) groups excluding carboxylic acids is 2. The monoisotopic (exact) mass is 2080 g/mol. The molecule has 4 fully saturated rings. The van der Waals surface area contributed by atoms with Gasteiger partial charge >= 0.3 is 50.2 Å². The number of hydrogen-bond donors (Lipinski definition) is 6. The topological polar surface area (TPSA) is 445 Å². The zero-order valence-corrected chi connectivity index (χ0v) is 82.4. The highest BCUT2D eigenvalue weighted by molar-refractivity contribution is 9.09. The normalized spacial score (nSPS) is 14.1. The van der Waals surface area contributed by atoms with Crippen LogP contribution in [-0.2, 0) is 60.4 Å². The Hall–Kier alpha value is -14.3. The van der Waals surface area contributed by atoms with Crippen LogP contribution < -0.4 is 41.4 Å². The molecule has 0 aliphatic carbocycles. The summed E-state index contributed by atoms with van der Waals surface area (Å²) in [6.45, 7) is 50.6. The van der Waals surface area contributed by atoms with Crippen molar-refractivity contribution in [1.29, 1.82) is 15.8 Å². The number of ether oxygens (including phenoxy) is 11. The minimum atomic E-state index is -1.93. The molecule has 0 radical (unpaired) electrons. The molecule has 3 unspecified atom stereocenters. The van der Waals surface area contributed by atoms with Crippen molar-refractivity contribution in [3.63, 3.8) is 0 Å². The van der Waals surface area contributed by atoms with E-state index in [0.717, 1.165) is 84.3 Å². The molecule has 143 heavy (non-hydrogen) atoms. The first-order valence-electron chi connectivity index (χ1n) is 43.4. The van der Waals surface area contributed by atoms with Crippen molar-refractivity contribution in [2.24, 2.45) is 0 Å². The number of aromatic nitrogens is 4. The molecule has 14 rings (SSSR count). The number of nitrogens with one attached hydrogen (secondary N) is 1. The predicted octanol–water partition coefficient (Wildman–Crippen LogP) is 17.3. The summed E-state index contributed by atoms with van der Waals surface area (Å²) in [6, 6.07) is 28.8. The molecule has 34 nitrogen and oxygen atoms in total. The molecule has 4 aromatic heterocycles. The Labute approximate surface area is 834 Å². The number of thiophene rings is 2. The number of benzene rings is 6. The average molecular weight is 2090 g/mol. The van der Waals surface area contributed by atoms with Crippen LogP contribution in [-0.4, -0.2) is 171 Å². The smallest absolute Gasteiger partial charge is 0.357 e. The summed E-state index contributed by atoms with van der Waals surface area (Å²) in [7, 11) is 0. The molecule has 0 amide bonds. The number of rotatable bonds is 25. The largest absolute Gasteiger partial charge is 0.507 e. The van der Waals surface area contributed by atoms with E-state index in [0.29, 0.717) is 122 Å². The molecule has 3 atom stereocenters. The molecule has 10 aromatic rings. The van der Waals surface area contributed by atoms with Crippen LogP contribution in [0.3, 0.4) is 0 Å². The zero-order valence-electron chi connectivity index (χ0n) is 79.2. The number of aliphatic carboxylic acids is 1. The summed E-state index contributed by atoms with van der Waals surface area (Å²) in [4.78, 5) is 103. The number of hydrogen-bond acceptors (Lipinski definition) is 27.